The first-order valence-corrected chi connectivity index (χ1v) is 14.2. The fourth-order valence-electron chi connectivity index (χ4n) is 4.37. The van der Waals surface area contributed by atoms with Gasteiger partial charge in [-0.05, 0) is 48.2 Å². The van der Waals surface area contributed by atoms with Gasteiger partial charge in [0.2, 0.25) is 5.91 Å². The number of carbonyl (C=O) groups excluding carboxylic acids is 1. The summed E-state index contributed by atoms with van der Waals surface area (Å²) in [4.78, 5) is 38.7. The number of benzene rings is 2. The van der Waals surface area contributed by atoms with Crippen molar-refractivity contribution >= 4 is 35.3 Å². The third-order valence-electron chi connectivity index (χ3n) is 6.53. The summed E-state index contributed by atoms with van der Waals surface area (Å²) in [6.07, 6.45) is 2.01. The fraction of sp³-hybridized carbons (Fsp3) is 0.333. The van der Waals surface area contributed by atoms with Crippen LogP contribution in [0, 0.1) is 0 Å². The van der Waals surface area contributed by atoms with Crippen molar-refractivity contribution in [2.45, 2.75) is 62.2 Å². The minimum atomic E-state index is -1.04. The van der Waals surface area contributed by atoms with E-state index in [4.69, 9.17) is 14.6 Å². The first-order chi connectivity index (χ1) is 19.8. The zero-order chi connectivity index (χ0) is 29.2. The van der Waals surface area contributed by atoms with E-state index in [1.54, 1.807) is 24.4 Å². The second-order valence-electron chi connectivity index (χ2n) is 9.59. The number of anilines is 1. The topological polar surface area (TPSA) is 155 Å². The third-order valence-corrected chi connectivity index (χ3v) is 7.67. The van der Waals surface area contributed by atoms with Crippen LogP contribution in [0.5, 0.6) is 0 Å². The zero-order valence-electron chi connectivity index (χ0n) is 22.3. The molecule has 0 aliphatic carbocycles. The smallest absolute Gasteiger partial charge is 0.338 e. The molecule has 41 heavy (non-hydrogen) atoms. The summed E-state index contributed by atoms with van der Waals surface area (Å²) in [6, 6.07) is 17.8. The number of ether oxygens (including phenoxy) is 2. The second-order valence-corrected chi connectivity index (χ2v) is 10.6. The summed E-state index contributed by atoms with van der Waals surface area (Å²) >= 11 is 1.32. The minimum absolute atomic E-state index is 0.0397. The van der Waals surface area contributed by atoms with Gasteiger partial charge in [-0.1, -0.05) is 36.4 Å². The van der Waals surface area contributed by atoms with Gasteiger partial charge < -0.3 is 30.1 Å². The third kappa shape index (κ3) is 8.86. The number of carbonyl (C=O) groups is 3. The number of nitrogens with one attached hydrogen (secondary N) is 1. The summed E-state index contributed by atoms with van der Waals surface area (Å²) in [5.74, 6) is -1.65. The lowest BCUT2D eigenvalue weighted by Gasteiger charge is -2.36. The first kappa shape index (κ1) is 30.2. The van der Waals surface area contributed by atoms with Crippen molar-refractivity contribution in [2.75, 3.05) is 11.1 Å². The zero-order valence-corrected chi connectivity index (χ0v) is 23.1. The van der Waals surface area contributed by atoms with E-state index in [0.717, 1.165) is 16.7 Å². The Morgan fingerprint density at radius 3 is 2.32 bits per heavy atom. The number of nitrogens with zero attached hydrogens (tertiary/aromatic N) is 1. The number of aliphatic carboxylic acids is 1. The van der Waals surface area contributed by atoms with Crippen molar-refractivity contribution in [3.8, 4) is 0 Å². The molecule has 3 atom stereocenters. The highest BCUT2D eigenvalue weighted by atomic mass is 32.2. The summed E-state index contributed by atoms with van der Waals surface area (Å²) in [5.41, 5.74) is 3.21. The molecule has 10 nitrogen and oxygen atoms in total. The molecule has 11 heteroatoms. The number of aromatic nitrogens is 1. The molecule has 0 spiro atoms. The van der Waals surface area contributed by atoms with Gasteiger partial charge in [0, 0.05) is 42.5 Å². The number of aliphatic hydroxyl groups excluding tert-OH is 1. The molecule has 1 aliphatic rings. The lowest BCUT2D eigenvalue weighted by Crippen LogP contribution is -2.31. The van der Waals surface area contributed by atoms with Gasteiger partial charge in [0.05, 0.1) is 24.4 Å². The van der Waals surface area contributed by atoms with E-state index < -0.39 is 18.2 Å². The Morgan fingerprint density at radius 1 is 0.927 bits per heavy atom. The maximum atomic E-state index is 12.2. The average molecular weight is 581 g/mol. The summed E-state index contributed by atoms with van der Waals surface area (Å²) in [6.45, 7) is -0.0575. The van der Waals surface area contributed by atoms with Crippen LogP contribution in [-0.4, -0.2) is 50.0 Å². The van der Waals surface area contributed by atoms with Gasteiger partial charge in [0.15, 0.2) is 6.29 Å². The molecular weight excluding hydrogens is 548 g/mol. The van der Waals surface area contributed by atoms with Crippen molar-refractivity contribution in [1.82, 2.24) is 4.98 Å². The van der Waals surface area contributed by atoms with Crippen LogP contribution in [0.2, 0.25) is 0 Å². The van der Waals surface area contributed by atoms with Crippen LogP contribution < -0.4 is 5.32 Å². The number of carboxylic acids is 2. The maximum Gasteiger partial charge on any atom is 0.338 e. The normalized spacial score (nSPS) is 18.5. The monoisotopic (exact) mass is 580 g/mol. The molecule has 216 valence electrons. The Kier molecular flexibility index (Phi) is 10.9. The number of unbranched alkanes of at least 4 members (excludes halogenated alkanes) is 1. The van der Waals surface area contributed by atoms with Crippen molar-refractivity contribution in [1.29, 1.82) is 0 Å². The van der Waals surface area contributed by atoms with Gasteiger partial charge in [0.1, 0.15) is 5.03 Å². The van der Waals surface area contributed by atoms with E-state index in [1.807, 2.05) is 36.4 Å². The number of hydrogen-bond donors (Lipinski definition) is 4. The van der Waals surface area contributed by atoms with Crippen LogP contribution in [-0.2, 0) is 25.7 Å². The second kappa shape index (κ2) is 14.7. The molecule has 0 radical (unpaired) electrons. The number of aliphatic hydroxyl groups is 1. The van der Waals surface area contributed by atoms with Gasteiger partial charge in [-0.25, -0.2) is 9.78 Å². The number of pyridine rings is 1. The van der Waals surface area contributed by atoms with Crippen LogP contribution in [0.4, 0.5) is 5.69 Å². The summed E-state index contributed by atoms with van der Waals surface area (Å²) < 4.78 is 12.6. The maximum absolute atomic E-state index is 12.2. The van der Waals surface area contributed by atoms with Gasteiger partial charge in [-0.2, -0.15) is 0 Å². The molecule has 0 bridgehead atoms. The van der Waals surface area contributed by atoms with Crippen molar-refractivity contribution in [3.05, 3.63) is 89.1 Å². The molecule has 0 saturated carbocycles. The molecule has 3 unspecified atom stereocenters. The van der Waals surface area contributed by atoms with Gasteiger partial charge >= 0.3 is 11.9 Å². The Bertz CT molecular complexity index is 1330. The van der Waals surface area contributed by atoms with E-state index in [0.29, 0.717) is 35.7 Å². The van der Waals surface area contributed by atoms with Crippen molar-refractivity contribution in [2.24, 2.45) is 0 Å². The average Bonchev–Trinajstić information content (AvgIpc) is 2.98. The van der Waals surface area contributed by atoms with Gasteiger partial charge in [-0.3, -0.25) is 9.59 Å². The molecule has 2 heterocycles. The molecule has 1 amide bonds. The molecule has 4 N–H and O–H groups in total. The predicted molar refractivity (Wildman–Crippen MR) is 152 cm³/mol. The number of thioether (sulfide) groups is 1. The summed E-state index contributed by atoms with van der Waals surface area (Å²) in [7, 11) is 0. The fourth-order valence-corrected chi connectivity index (χ4v) is 5.38. The first-order valence-electron chi connectivity index (χ1n) is 13.3. The molecule has 4 rings (SSSR count). The van der Waals surface area contributed by atoms with Crippen LogP contribution in [0.15, 0.2) is 71.9 Å². The van der Waals surface area contributed by atoms with Gasteiger partial charge in [0.25, 0.3) is 0 Å². The molecular formula is C30H32N2O8S. The SMILES string of the molecule is O=C(O)CCCCC(=O)Nc1ccc(C2OC(CSc3ncccc3C(=O)O)CC(c3ccc(CO)cc3)O2)cc1. The summed E-state index contributed by atoms with van der Waals surface area (Å²) in [5, 5.41) is 30.9. The highest BCUT2D eigenvalue weighted by molar-refractivity contribution is 7.99. The highest BCUT2D eigenvalue weighted by Crippen LogP contribution is 2.39. The van der Waals surface area contributed by atoms with E-state index in [1.165, 1.54) is 17.8 Å². The van der Waals surface area contributed by atoms with E-state index >= 15 is 0 Å². The molecule has 1 saturated heterocycles. The number of rotatable bonds is 13. The van der Waals surface area contributed by atoms with E-state index in [9.17, 15) is 24.6 Å². The predicted octanol–water partition coefficient (Wildman–Crippen LogP) is 5.19. The quantitative estimate of drug-likeness (QED) is 0.157. The lowest BCUT2D eigenvalue weighted by atomic mass is 10.0. The molecule has 1 aliphatic heterocycles. The molecule has 1 aromatic heterocycles. The van der Waals surface area contributed by atoms with Crippen LogP contribution in [0.1, 0.15) is 71.5 Å². The Hall–Kier alpha value is -3.77. The largest absolute Gasteiger partial charge is 0.481 e. The molecule has 3 aromatic rings. The number of hydrogen-bond acceptors (Lipinski definition) is 8. The van der Waals surface area contributed by atoms with Gasteiger partial charge in [-0.15, -0.1) is 11.8 Å². The van der Waals surface area contributed by atoms with Crippen molar-refractivity contribution < 1.29 is 39.2 Å². The van der Waals surface area contributed by atoms with Crippen LogP contribution in [0.25, 0.3) is 0 Å². The lowest BCUT2D eigenvalue weighted by molar-refractivity contribution is -0.245. The van der Waals surface area contributed by atoms with Crippen LogP contribution >= 0.6 is 11.8 Å². The van der Waals surface area contributed by atoms with E-state index in [-0.39, 0.29) is 43.1 Å². The standard InChI is InChI=1S/C30H32N2O8S/c33-17-19-7-9-20(10-8-19)25-16-23(18-41-28-24(29(37)38)4-3-15-31-28)39-30(40-25)21-11-13-22(14-12-21)32-26(34)5-1-2-6-27(35)36/h3-4,7-15,23,25,30,33H,1-2,5-6,16-18H2,(H,32,34)(H,35,36)(H,37,38). The Labute approximate surface area is 241 Å². The molecule has 2 aromatic carbocycles. The van der Waals surface area contributed by atoms with Crippen LogP contribution in [0.3, 0.4) is 0 Å². The Morgan fingerprint density at radius 2 is 1.63 bits per heavy atom. The van der Waals surface area contributed by atoms with E-state index in [2.05, 4.69) is 10.3 Å². The Balaban J connectivity index is 1.45. The van der Waals surface area contributed by atoms with Crippen molar-refractivity contribution in [3.63, 3.8) is 0 Å². The highest BCUT2D eigenvalue weighted by Gasteiger charge is 2.32. The number of amides is 1. The minimum Gasteiger partial charge on any atom is -0.481 e. The molecule has 1 fully saturated rings. The number of aromatic carboxylic acids is 1. The number of carboxylic acid groups (broad SMARTS) is 2.